The normalized spacial score (nSPS) is 12.4. The second kappa shape index (κ2) is 6.25. The van der Waals surface area contributed by atoms with Crippen LogP contribution in [-0.4, -0.2) is 21.5 Å². The molecule has 3 heterocycles. The van der Waals surface area contributed by atoms with Crippen molar-refractivity contribution < 1.29 is 4.74 Å². The highest BCUT2D eigenvalue weighted by molar-refractivity contribution is 9.10. The van der Waals surface area contributed by atoms with Crippen molar-refractivity contribution in [1.82, 2.24) is 14.4 Å². The topological polar surface area (TPSA) is 56.5 Å². The van der Waals surface area contributed by atoms with Crippen molar-refractivity contribution in [3.63, 3.8) is 0 Å². The molecular formula is C16H8BrCl2N3O2S. The van der Waals surface area contributed by atoms with Crippen molar-refractivity contribution >= 4 is 72.7 Å². The molecule has 0 aliphatic rings. The Morgan fingerprint density at radius 1 is 1.32 bits per heavy atom. The summed E-state index contributed by atoms with van der Waals surface area (Å²) in [7, 11) is 1.51. The molecule has 0 unspecified atom stereocenters. The van der Waals surface area contributed by atoms with E-state index in [-0.39, 0.29) is 5.56 Å². The lowest BCUT2D eigenvalue weighted by Crippen LogP contribution is -2.23. The van der Waals surface area contributed by atoms with Crippen molar-refractivity contribution in [3.8, 4) is 5.75 Å². The van der Waals surface area contributed by atoms with Gasteiger partial charge >= 0.3 is 0 Å². The van der Waals surface area contributed by atoms with Crippen molar-refractivity contribution in [3.05, 3.63) is 59.4 Å². The smallest absolute Gasteiger partial charge is 0.276 e. The molecule has 0 fully saturated rings. The molecule has 0 aliphatic heterocycles. The average Bonchev–Trinajstić information content (AvgIpc) is 3.03. The maximum Gasteiger partial charge on any atom is 0.276 e. The van der Waals surface area contributed by atoms with Gasteiger partial charge in [-0.15, -0.1) is 0 Å². The number of nitrogens with zero attached hydrogens (tertiary/aromatic N) is 3. The number of ether oxygens (including phenoxy) is 1. The molecule has 25 heavy (non-hydrogen) atoms. The number of hydrogen-bond donors (Lipinski definition) is 0. The van der Waals surface area contributed by atoms with Crippen LogP contribution < -0.4 is 14.8 Å². The number of aromatic nitrogens is 3. The molecule has 126 valence electrons. The first-order valence-electron chi connectivity index (χ1n) is 6.99. The molecule has 0 aliphatic carbocycles. The van der Waals surface area contributed by atoms with E-state index in [0.29, 0.717) is 42.0 Å². The molecule has 4 aromatic rings. The van der Waals surface area contributed by atoms with Gasteiger partial charge < -0.3 is 4.74 Å². The summed E-state index contributed by atoms with van der Waals surface area (Å²) in [5.74, 6) is 0.462. The van der Waals surface area contributed by atoms with Crippen LogP contribution in [0.2, 0.25) is 10.0 Å². The third-order valence-corrected chi connectivity index (χ3v) is 5.48. The number of halogens is 3. The predicted molar refractivity (Wildman–Crippen MR) is 104 cm³/mol. The summed E-state index contributed by atoms with van der Waals surface area (Å²) in [6.07, 6.45) is 3.33. The van der Waals surface area contributed by atoms with Gasteiger partial charge in [-0.1, -0.05) is 34.5 Å². The highest BCUT2D eigenvalue weighted by atomic mass is 79.9. The third-order valence-electron chi connectivity index (χ3n) is 3.58. The van der Waals surface area contributed by atoms with E-state index < -0.39 is 0 Å². The van der Waals surface area contributed by atoms with Gasteiger partial charge in [0.15, 0.2) is 10.6 Å². The summed E-state index contributed by atoms with van der Waals surface area (Å²) in [4.78, 5) is 22.1. The Hall–Kier alpha value is -1.67. The van der Waals surface area contributed by atoms with E-state index in [1.165, 1.54) is 22.8 Å². The summed E-state index contributed by atoms with van der Waals surface area (Å²) in [5, 5.41) is 0.842. The predicted octanol–water partition coefficient (Wildman–Crippen LogP) is 3.93. The van der Waals surface area contributed by atoms with Gasteiger partial charge in [-0.3, -0.25) is 4.79 Å². The Kier molecular flexibility index (Phi) is 4.19. The molecule has 3 aromatic heterocycles. The molecule has 1 aromatic carbocycles. The summed E-state index contributed by atoms with van der Waals surface area (Å²) in [6, 6.07) is 5.11. The van der Waals surface area contributed by atoms with Gasteiger partial charge in [-0.2, -0.15) is 0 Å². The zero-order chi connectivity index (χ0) is 17.7. The van der Waals surface area contributed by atoms with Crippen molar-refractivity contribution in [2.24, 2.45) is 0 Å². The minimum Gasteiger partial charge on any atom is -0.495 e. The van der Waals surface area contributed by atoms with E-state index in [0.717, 1.165) is 4.47 Å². The zero-order valence-corrected chi connectivity index (χ0v) is 16.5. The van der Waals surface area contributed by atoms with Crippen molar-refractivity contribution in [2.75, 3.05) is 7.11 Å². The van der Waals surface area contributed by atoms with Crippen LogP contribution in [0.5, 0.6) is 5.75 Å². The first-order valence-corrected chi connectivity index (χ1v) is 9.36. The standard InChI is InChI=1S/C16H8BrCl2N3O2S/c1-24-13-7(2-9(18)5-10(13)19)3-12-15(23)22-14-11(21-16(22)25-12)4-8(17)6-20-14/h2-6H,1H3/b12-3-. The monoisotopic (exact) mass is 455 g/mol. The summed E-state index contributed by atoms with van der Waals surface area (Å²) in [6.45, 7) is 0. The quantitative estimate of drug-likeness (QED) is 0.458. The Morgan fingerprint density at radius 2 is 2.12 bits per heavy atom. The Bertz CT molecular complexity index is 1250. The minimum absolute atomic E-state index is 0.199. The number of rotatable bonds is 2. The van der Waals surface area contributed by atoms with Crippen molar-refractivity contribution in [1.29, 1.82) is 0 Å². The fourth-order valence-electron chi connectivity index (χ4n) is 2.56. The Labute approximate surface area is 163 Å². The highest BCUT2D eigenvalue weighted by Gasteiger charge is 2.14. The SMILES string of the molecule is COc1c(Cl)cc(Cl)cc1/C=c1\sc2nc3cc(Br)cnc3n2c1=O. The molecule has 0 saturated carbocycles. The number of fused-ring (bicyclic) bond motifs is 3. The number of thiazole rings is 1. The molecule has 0 bridgehead atoms. The van der Waals surface area contributed by atoms with E-state index in [4.69, 9.17) is 27.9 Å². The minimum atomic E-state index is -0.199. The molecule has 0 atom stereocenters. The van der Waals surface area contributed by atoms with Gasteiger partial charge in [0.05, 0.1) is 16.7 Å². The van der Waals surface area contributed by atoms with E-state index >= 15 is 0 Å². The second-order valence-corrected chi connectivity index (χ2v) is 7.92. The van der Waals surface area contributed by atoms with Gasteiger partial charge in [-0.25, -0.2) is 14.4 Å². The fraction of sp³-hybridized carbons (Fsp3) is 0.0625. The summed E-state index contributed by atoms with van der Waals surface area (Å²) in [5.41, 5.74) is 1.61. The van der Waals surface area contributed by atoms with Gasteiger partial charge in [-0.05, 0) is 40.2 Å². The van der Waals surface area contributed by atoms with Gasteiger partial charge in [0.25, 0.3) is 5.56 Å². The van der Waals surface area contributed by atoms with Crippen LogP contribution in [0.4, 0.5) is 0 Å². The lowest BCUT2D eigenvalue weighted by atomic mass is 10.2. The van der Waals surface area contributed by atoms with Crippen LogP contribution in [0.3, 0.4) is 0 Å². The van der Waals surface area contributed by atoms with Crippen LogP contribution >= 0.6 is 50.5 Å². The van der Waals surface area contributed by atoms with Gasteiger partial charge in [0, 0.05) is 21.3 Å². The van der Waals surface area contributed by atoms with Gasteiger partial charge in [0.1, 0.15) is 11.3 Å². The van der Waals surface area contributed by atoms with E-state index in [2.05, 4.69) is 25.9 Å². The fourth-order valence-corrected chi connectivity index (χ4v) is 4.43. The maximum atomic E-state index is 12.8. The molecule has 0 amide bonds. The number of benzene rings is 1. The summed E-state index contributed by atoms with van der Waals surface area (Å²) < 4.78 is 8.12. The first kappa shape index (κ1) is 16.8. The Balaban J connectivity index is 2.01. The van der Waals surface area contributed by atoms with Crippen LogP contribution in [-0.2, 0) is 0 Å². The maximum absolute atomic E-state index is 12.8. The Morgan fingerprint density at radius 3 is 2.88 bits per heavy atom. The molecular weight excluding hydrogens is 449 g/mol. The first-order chi connectivity index (χ1) is 12.0. The molecule has 5 nitrogen and oxygen atoms in total. The third kappa shape index (κ3) is 2.81. The second-order valence-electron chi connectivity index (χ2n) is 5.15. The molecule has 0 spiro atoms. The van der Waals surface area contributed by atoms with Crippen LogP contribution in [0.25, 0.3) is 22.2 Å². The van der Waals surface area contributed by atoms with E-state index in [1.807, 2.05) is 6.07 Å². The van der Waals surface area contributed by atoms with Crippen LogP contribution in [0.1, 0.15) is 5.56 Å². The van der Waals surface area contributed by atoms with Crippen molar-refractivity contribution in [2.45, 2.75) is 0 Å². The number of pyridine rings is 1. The highest BCUT2D eigenvalue weighted by Crippen LogP contribution is 2.32. The number of hydrogen-bond acceptors (Lipinski definition) is 5. The summed E-state index contributed by atoms with van der Waals surface area (Å²) >= 11 is 16.8. The zero-order valence-electron chi connectivity index (χ0n) is 12.6. The molecule has 0 saturated heterocycles. The average molecular weight is 457 g/mol. The van der Waals surface area contributed by atoms with Crippen LogP contribution in [0.15, 0.2) is 33.7 Å². The molecule has 0 N–H and O–H groups in total. The van der Waals surface area contributed by atoms with Crippen LogP contribution in [0, 0.1) is 0 Å². The largest absolute Gasteiger partial charge is 0.495 e. The van der Waals surface area contributed by atoms with Gasteiger partial charge in [0.2, 0.25) is 0 Å². The molecule has 4 rings (SSSR count). The van der Waals surface area contributed by atoms with E-state index in [1.54, 1.807) is 24.4 Å². The molecule has 0 radical (unpaired) electrons. The lowest BCUT2D eigenvalue weighted by molar-refractivity contribution is 0.414. The molecule has 9 heteroatoms. The number of methoxy groups -OCH3 is 1. The van der Waals surface area contributed by atoms with E-state index in [9.17, 15) is 4.79 Å². The number of imidazole rings is 1. The lowest BCUT2D eigenvalue weighted by Gasteiger charge is -2.07.